The van der Waals surface area contributed by atoms with E-state index in [-0.39, 0.29) is 0 Å². The van der Waals surface area contributed by atoms with Gasteiger partial charge in [-0.1, -0.05) is 176 Å². The van der Waals surface area contributed by atoms with E-state index in [4.69, 9.17) is 15.0 Å². The quantitative estimate of drug-likeness (QED) is 0.181. The van der Waals surface area contributed by atoms with Crippen LogP contribution >= 0.6 is 0 Å². The molecule has 1 spiro atoms. The van der Waals surface area contributed by atoms with Gasteiger partial charge in [0.05, 0.1) is 28.0 Å². The molecule has 0 N–H and O–H groups in total. The number of hydrogen-bond donors (Lipinski definition) is 0. The first kappa shape index (κ1) is 31.8. The minimum absolute atomic E-state index is 0.461. The van der Waals surface area contributed by atoms with Crippen LogP contribution in [0.4, 0.5) is 0 Å². The molecular formula is C54H33N3. The largest absolute Gasteiger partial charge is 0.247 e. The standard InChI is InChI=1S/C54H33N3/c1-3-15-34(16-4-1)48-33-49(57-53(56-48)35-17-5-2-6-18-35)38-29-27-37-32-39(30-28-36(37)31-38)52-50-42-21-9-13-25-46(42)54(51(50)43-22-10-14-26-47(43)55-52)44-23-11-7-19-40(44)41-20-8-12-24-45(41)54/h1-33H. The van der Waals surface area contributed by atoms with Crippen molar-refractivity contribution in [2.75, 3.05) is 0 Å². The van der Waals surface area contributed by atoms with Crippen molar-refractivity contribution in [1.29, 1.82) is 0 Å². The highest BCUT2D eigenvalue weighted by Gasteiger charge is 2.53. The Balaban J connectivity index is 1.06. The van der Waals surface area contributed by atoms with Gasteiger partial charge in [-0.25, -0.2) is 15.0 Å². The van der Waals surface area contributed by atoms with Crippen LogP contribution in [0.25, 0.3) is 89.1 Å². The highest BCUT2D eigenvalue weighted by Crippen LogP contribution is 2.65. The maximum Gasteiger partial charge on any atom is 0.160 e. The summed E-state index contributed by atoms with van der Waals surface area (Å²) in [7, 11) is 0. The number of nitrogens with zero attached hydrogens (tertiary/aromatic N) is 3. The molecule has 0 fully saturated rings. The first-order valence-electron chi connectivity index (χ1n) is 19.5. The molecule has 0 amide bonds. The normalized spacial score (nSPS) is 13.1. The monoisotopic (exact) mass is 723 g/mol. The molecule has 3 heteroatoms. The molecule has 2 aliphatic rings. The van der Waals surface area contributed by atoms with Crippen molar-refractivity contribution < 1.29 is 0 Å². The smallest absolute Gasteiger partial charge is 0.160 e. The molecule has 2 aliphatic carbocycles. The molecule has 0 saturated heterocycles. The van der Waals surface area contributed by atoms with Crippen LogP contribution in [-0.2, 0) is 5.41 Å². The van der Waals surface area contributed by atoms with Gasteiger partial charge in [0.25, 0.3) is 0 Å². The summed E-state index contributed by atoms with van der Waals surface area (Å²) in [6.45, 7) is 0. The predicted molar refractivity (Wildman–Crippen MR) is 233 cm³/mol. The third kappa shape index (κ3) is 4.63. The molecule has 10 aromatic rings. The fourth-order valence-electron chi connectivity index (χ4n) is 9.65. The number of benzene rings is 8. The lowest BCUT2D eigenvalue weighted by molar-refractivity contribution is 0.801. The minimum Gasteiger partial charge on any atom is -0.247 e. The molecule has 12 rings (SSSR count). The highest BCUT2D eigenvalue weighted by molar-refractivity contribution is 6.07. The molecule has 8 aromatic carbocycles. The molecule has 0 radical (unpaired) electrons. The number of pyridine rings is 1. The molecule has 57 heavy (non-hydrogen) atoms. The molecule has 0 atom stereocenters. The van der Waals surface area contributed by atoms with E-state index in [1.54, 1.807) is 0 Å². The lowest BCUT2D eigenvalue weighted by atomic mass is 9.69. The van der Waals surface area contributed by atoms with Crippen molar-refractivity contribution in [3.63, 3.8) is 0 Å². The van der Waals surface area contributed by atoms with Crippen molar-refractivity contribution in [2.24, 2.45) is 0 Å². The van der Waals surface area contributed by atoms with E-state index in [1.807, 2.05) is 24.3 Å². The van der Waals surface area contributed by atoms with Gasteiger partial charge in [-0.2, -0.15) is 0 Å². The van der Waals surface area contributed by atoms with Crippen LogP contribution in [0, 0.1) is 0 Å². The van der Waals surface area contributed by atoms with E-state index in [0.717, 1.165) is 55.6 Å². The summed E-state index contributed by atoms with van der Waals surface area (Å²) < 4.78 is 0. The van der Waals surface area contributed by atoms with Gasteiger partial charge in [0.15, 0.2) is 5.82 Å². The van der Waals surface area contributed by atoms with E-state index < -0.39 is 5.41 Å². The number of rotatable bonds is 4. The maximum absolute atomic E-state index is 5.51. The number of aromatic nitrogens is 3. The summed E-state index contributed by atoms with van der Waals surface area (Å²) in [4.78, 5) is 15.6. The van der Waals surface area contributed by atoms with Gasteiger partial charge in [0.1, 0.15) is 0 Å². The van der Waals surface area contributed by atoms with E-state index in [2.05, 4.69) is 176 Å². The maximum atomic E-state index is 5.51. The number of fused-ring (bicyclic) bond motifs is 13. The van der Waals surface area contributed by atoms with Crippen molar-refractivity contribution in [3.05, 3.63) is 222 Å². The predicted octanol–water partition coefficient (Wildman–Crippen LogP) is 13.2. The Morgan fingerprint density at radius 1 is 0.351 bits per heavy atom. The van der Waals surface area contributed by atoms with E-state index in [1.165, 1.54) is 49.9 Å². The molecule has 0 unspecified atom stereocenters. The average molecular weight is 724 g/mol. The van der Waals surface area contributed by atoms with Gasteiger partial charge < -0.3 is 0 Å². The third-order valence-electron chi connectivity index (χ3n) is 12.1. The SMILES string of the molecule is c1ccc(-c2cc(-c3ccc4cc(-c5nc6ccccc6c6c5-c5ccccc5C65c6ccccc6-c6ccccc65)ccc4c3)nc(-c3ccccc3)n2)cc1. The number of para-hydroxylation sites is 1. The van der Waals surface area contributed by atoms with Crippen LogP contribution in [0.15, 0.2) is 200 Å². The van der Waals surface area contributed by atoms with Crippen LogP contribution in [0.2, 0.25) is 0 Å². The second kappa shape index (κ2) is 12.3. The lowest BCUT2D eigenvalue weighted by Crippen LogP contribution is -2.26. The lowest BCUT2D eigenvalue weighted by Gasteiger charge is -2.31. The molecule has 2 aromatic heterocycles. The minimum atomic E-state index is -0.461. The second-order valence-electron chi connectivity index (χ2n) is 15.1. The molecule has 0 bridgehead atoms. The average Bonchev–Trinajstić information content (AvgIpc) is 3.77. The molecule has 2 heterocycles. The van der Waals surface area contributed by atoms with Crippen molar-refractivity contribution >= 4 is 21.7 Å². The zero-order valence-electron chi connectivity index (χ0n) is 30.9. The van der Waals surface area contributed by atoms with Crippen molar-refractivity contribution in [2.45, 2.75) is 5.41 Å². The van der Waals surface area contributed by atoms with E-state index in [9.17, 15) is 0 Å². The zero-order chi connectivity index (χ0) is 37.5. The third-order valence-corrected chi connectivity index (χ3v) is 12.1. The Hall–Kier alpha value is -7.49. The van der Waals surface area contributed by atoms with Gasteiger partial charge >= 0.3 is 0 Å². The Kier molecular flexibility index (Phi) is 6.84. The van der Waals surface area contributed by atoms with Crippen molar-refractivity contribution in [3.8, 4) is 67.4 Å². The van der Waals surface area contributed by atoms with Crippen LogP contribution in [-0.4, -0.2) is 15.0 Å². The Bertz CT molecular complexity index is 3140. The number of hydrogen-bond acceptors (Lipinski definition) is 3. The van der Waals surface area contributed by atoms with Crippen LogP contribution in [0.1, 0.15) is 22.3 Å². The Morgan fingerprint density at radius 3 is 1.54 bits per heavy atom. The van der Waals surface area contributed by atoms with Gasteiger partial charge in [-0.05, 0) is 74.0 Å². The molecule has 0 saturated carbocycles. The summed E-state index contributed by atoms with van der Waals surface area (Å²) in [6, 6.07) is 71.8. The van der Waals surface area contributed by atoms with Crippen LogP contribution < -0.4 is 0 Å². The zero-order valence-corrected chi connectivity index (χ0v) is 30.9. The summed E-state index contributed by atoms with van der Waals surface area (Å²) in [5.41, 5.74) is 17.9. The summed E-state index contributed by atoms with van der Waals surface area (Å²) in [6.07, 6.45) is 0. The topological polar surface area (TPSA) is 38.7 Å². The first-order chi connectivity index (χ1) is 28.3. The van der Waals surface area contributed by atoms with Gasteiger partial charge in [-0.3, -0.25) is 0 Å². The molecule has 0 aliphatic heterocycles. The van der Waals surface area contributed by atoms with Gasteiger partial charge in [-0.15, -0.1) is 0 Å². The first-order valence-corrected chi connectivity index (χ1v) is 19.5. The summed E-state index contributed by atoms with van der Waals surface area (Å²) >= 11 is 0. The van der Waals surface area contributed by atoms with E-state index >= 15 is 0 Å². The summed E-state index contributed by atoms with van der Waals surface area (Å²) in [5.74, 6) is 0.712. The Morgan fingerprint density at radius 2 is 0.860 bits per heavy atom. The Labute approximate surface area is 330 Å². The molecule has 264 valence electrons. The fraction of sp³-hybridized carbons (Fsp3) is 0.0185. The van der Waals surface area contributed by atoms with Crippen LogP contribution in [0.3, 0.4) is 0 Å². The van der Waals surface area contributed by atoms with Crippen LogP contribution in [0.5, 0.6) is 0 Å². The summed E-state index contributed by atoms with van der Waals surface area (Å²) in [5, 5.41) is 3.49. The fourth-order valence-corrected chi connectivity index (χ4v) is 9.65. The molecule has 3 nitrogen and oxygen atoms in total. The van der Waals surface area contributed by atoms with Crippen molar-refractivity contribution in [1.82, 2.24) is 15.0 Å². The second-order valence-corrected chi connectivity index (χ2v) is 15.1. The molecular weight excluding hydrogens is 691 g/mol. The van der Waals surface area contributed by atoms with Gasteiger partial charge in [0, 0.05) is 33.2 Å². The van der Waals surface area contributed by atoms with Gasteiger partial charge in [0.2, 0.25) is 0 Å². The van der Waals surface area contributed by atoms with E-state index in [0.29, 0.717) is 5.82 Å². The highest BCUT2D eigenvalue weighted by atomic mass is 14.9.